The zero-order chi connectivity index (χ0) is 17.6. The van der Waals surface area contributed by atoms with Crippen molar-refractivity contribution in [3.8, 4) is 0 Å². The number of rotatable bonds is 5. The molecule has 0 unspecified atom stereocenters. The van der Waals surface area contributed by atoms with Crippen LogP contribution in [0.2, 0.25) is 0 Å². The van der Waals surface area contributed by atoms with Crippen LogP contribution in [0.1, 0.15) is 64.9 Å². The lowest BCUT2D eigenvalue weighted by Crippen LogP contribution is -2.48. The molecule has 2 rings (SSSR count). The maximum Gasteiger partial charge on any atom is 0.239 e. The maximum absolute atomic E-state index is 12.6. The molecule has 0 aromatic heterocycles. The Morgan fingerprint density at radius 2 is 1.58 bits per heavy atom. The number of carbonyl (C=O) groups excluding carboxylic acids is 2. The van der Waals surface area contributed by atoms with Gasteiger partial charge in [0.05, 0.1) is 0 Å². The Morgan fingerprint density at radius 1 is 1.00 bits per heavy atom. The third-order valence-electron chi connectivity index (χ3n) is 4.95. The first kappa shape index (κ1) is 18.5. The molecular formula is C20H30N2O2. The lowest BCUT2D eigenvalue weighted by Gasteiger charge is -2.26. The van der Waals surface area contributed by atoms with Gasteiger partial charge in [0.2, 0.25) is 11.8 Å². The first-order chi connectivity index (χ1) is 11.4. The maximum atomic E-state index is 12.6. The van der Waals surface area contributed by atoms with Gasteiger partial charge in [0.1, 0.15) is 5.41 Å². The summed E-state index contributed by atoms with van der Waals surface area (Å²) < 4.78 is 0. The van der Waals surface area contributed by atoms with Gasteiger partial charge in [0, 0.05) is 11.7 Å². The largest absolute Gasteiger partial charge is 0.352 e. The highest BCUT2D eigenvalue weighted by Crippen LogP contribution is 2.22. The van der Waals surface area contributed by atoms with Gasteiger partial charge in [-0.25, -0.2) is 0 Å². The molecule has 1 aliphatic carbocycles. The highest BCUT2D eigenvalue weighted by atomic mass is 16.2. The molecule has 1 aromatic carbocycles. The Hall–Kier alpha value is -1.84. The number of amides is 2. The van der Waals surface area contributed by atoms with E-state index in [4.69, 9.17) is 0 Å². The zero-order valence-corrected chi connectivity index (χ0v) is 15.2. The fourth-order valence-electron chi connectivity index (χ4n) is 3.00. The molecule has 0 bridgehead atoms. The number of anilines is 1. The van der Waals surface area contributed by atoms with Gasteiger partial charge in [-0.3, -0.25) is 9.59 Å². The van der Waals surface area contributed by atoms with Gasteiger partial charge in [0.25, 0.3) is 0 Å². The van der Waals surface area contributed by atoms with Crippen molar-refractivity contribution in [2.24, 2.45) is 5.41 Å². The fourth-order valence-corrected chi connectivity index (χ4v) is 3.00. The van der Waals surface area contributed by atoms with E-state index in [1.54, 1.807) is 13.8 Å². The predicted octanol–water partition coefficient (Wildman–Crippen LogP) is 4.05. The Balaban J connectivity index is 1.95. The van der Waals surface area contributed by atoms with E-state index in [0.717, 1.165) is 37.8 Å². The minimum Gasteiger partial charge on any atom is -0.352 e. The van der Waals surface area contributed by atoms with E-state index in [2.05, 4.69) is 17.6 Å². The normalized spacial score (nSPS) is 16.3. The van der Waals surface area contributed by atoms with Gasteiger partial charge in [0.15, 0.2) is 0 Å². The first-order valence-corrected chi connectivity index (χ1v) is 9.15. The van der Waals surface area contributed by atoms with E-state index >= 15 is 0 Å². The summed E-state index contributed by atoms with van der Waals surface area (Å²) in [5.74, 6) is -0.449. The predicted molar refractivity (Wildman–Crippen MR) is 97.9 cm³/mol. The smallest absolute Gasteiger partial charge is 0.239 e. The van der Waals surface area contributed by atoms with Gasteiger partial charge >= 0.3 is 0 Å². The molecule has 2 N–H and O–H groups in total. The van der Waals surface area contributed by atoms with Crippen LogP contribution in [-0.2, 0) is 16.0 Å². The molecule has 2 amide bonds. The topological polar surface area (TPSA) is 58.2 Å². The monoisotopic (exact) mass is 330 g/mol. The van der Waals surface area contributed by atoms with Crippen LogP contribution in [0.5, 0.6) is 0 Å². The SMILES string of the molecule is CCc1ccc(NC(=O)C(C)(C)C(=O)NC2CCCCCC2)cc1. The molecule has 0 heterocycles. The summed E-state index contributed by atoms with van der Waals surface area (Å²) in [5.41, 5.74) is 0.862. The van der Waals surface area contributed by atoms with Crippen molar-refractivity contribution >= 4 is 17.5 Å². The Kier molecular flexibility index (Phi) is 6.41. The van der Waals surface area contributed by atoms with Crippen molar-refractivity contribution in [2.45, 2.75) is 71.8 Å². The molecule has 1 fully saturated rings. The average molecular weight is 330 g/mol. The van der Waals surface area contributed by atoms with Crippen LogP contribution in [-0.4, -0.2) is 17.9 Å². The summed E-state index contributed by atoms with van der Waals surface area (Å²) in [6.07, 6.45) is 7.78. The molecule has 1 saturated carbocycles. The first-order valence-electron chi connectivity index (χ1n) is 9.15. The van der Waals surface area contributed by atoms with E-state index < -0.39 is 5.41 Å². The molecule has 0 saturated heterocycles. The Morgan fingerprint density at radius 3 is 2.12 bits per heavy atom. The quantitative estimate of drug-likeness (QED) is 0.632. The summed E-state index contributed by atoms with van der Waals surface area (Å²) in [6, 6.07) is 7.96. The lowest BCUT2D eigenvalue weighted by molar-refractivity contribution is -0.138. The molecule has 132 valence electrons. The second-order valence-corrected chi connectivity index (χ2v) is 7.29. The van der Waals surface area contributed by atoms with Gasteiger partial charge in [-0.2, -0.15) is 0 Å². The average Bonchev–Trinajstić information content (AvgIpc) is 2.84. The van der Waals surface area contributed by atoms with E-state index in [0.29, 0.717) is 0 Å². The lowest BCUT2D eigenvalue weighted by atomic mass is 9.90. The summed E-state index contributed by atoms with van der Waals surface area (Å²) in [6.45, 7) is 5.47. The number of carbonyl (C=O) groups is 2. The Bertz CT molecular complexity index is 556. The zero-order valence-electron chi connectivity index (χ0n) is 15.2. The molecule has 0 spiro atoms. The highest BCUT2D eigenvalue weighted by Gasteiger charge is 2.37. The number of hydrogen-bond donors (Lipinski definition) is 2. The van der Waals surface area contributed by atoms with Gasteiger partial charge in [-0.1, -0.05) is 44.7 Å². The van der Waals surface area contributed by atoms with Crippen molar-refractivity contribution in [3.05, 3.63) is 29.8 Å². The van der Waals surface area contributed by atoms with Crippen LogP contribution in [0.15, 0.2) is 24.3 Å². The fraction of sp³-hybridized carbons (Fsp3) is 0.600. The minimum atomic E-state index is -1.09. The second kappa shape index (κ2) is 8.32. The summed E-state index contributed by atoms with van der Waals surface area (Å²) >= 11 is 0. The number of aryl methyl sites for hydroxylation is 1. The van der Waals surface area contributed by atoms with Crippen LogP contribution in [0.25, 0.3) is 0 Å². The molecule has 1 aromatic rings. The molecule has 4 heteroatoms. The molecule has 0 atom stereocenters. The van der Waals surface area contributed by atoms with Gasteiger partial charge in [-0.15, -0.1) is 0 Å². The van der Waals surface area contributed by atoms with E-state index in [9.17, 15) is 9.59 Å². The standard InChI is InChI=1S/C20H30N2O2/c1-4-15-11-13-17(14-12-15)22-19(24)20(2,3)18(23)21-16-9-7-5-6-8-10-16/h11-14,16H,4-10H2,1-3H3,(H,21,23)(H,22,24). The van der Waals surface area contributed by atoms with Crippen LogP contribution >= 0.6 is 0 Å². The van der Waals surface area contributed by atoms with Crippen molar-refractivity contribution in [1.29, 1.82) is 0 Å². The number of benzene rings is 1. The Labute approximate surface area is 145 Å². The highest BCUT2D eigenvalue weighted by molar-refractivity contribution is 6.09. The van der Waals surface area contributed by atoms with Crippen molar-refractivity contribution in [3.63, 3.8) is 0 Å². The van der Waals surface area contributed by atoms with Crippen molar-refractivity contribution in [1.82, 2.24) is 5.32 Å². The second-order valence-electron chi connectivity index (χ2n) is 7.29. The number of nitrogens with one attached hydrogen (secondary N) is 2. The number of hydrogen-bond acceptors (Lipinski definition) is 2. The van der Waals surface area contributed by atoms with E-state index in [1.165, 1.54) is 18.4 Å². The third kappa shape index (κ3) is 4.83. The summed E-state index contributed by atoms with van der Waals surface area (Å²) in [7, 11) is 0. The molecule has 4 nitrogen and oxygen atoms in total. The molecule has 0 aliphatic heterocycles. The van der Waals surface area contributed by atoms with Crippen LogP contribution < -0.4 is 10.6 Å². The van der Waals surface area contributed by atoms with Crippen molar-refractivity contribution < 1.29 is 9.59 Å². The van der Waals surface area contributed by atoms with Crippen LogP contribution in [0.4, 0.5) is 5.69 Å². The van der Waals surface area contributed by atoms with Crippen LogP contribution in [0, 0.1) is 5.41 Å². The van der Waals surface area contributed by atoms with Crippen molar-refractivity contribution in [2.75, 3.05) is 5.32 Å². The van der Waals surface area contributed by atoms with E-state index in [1.807, 2.05) is 24.3 Å². The summed E-state index contributed by atoms with van der Waals surface area (Å²) in [4.78, 5) is 25.2. The molecular weight excluding hydrogens is 300 g/mol. The van der Waals surface area contributed by atoms with E-state index in [-0.39, 0.29) is 17.9 Å². The molecule has 1 aliphatic rings. The molecule has 24 heavy (non-hydrogen) atoms. The van der Waals surface area contributed by atoms with Gasteiger partial charge in [-0.05, 0) is 50.8 Å². The van der Waals surface area contributed by atoms with Crippen LogP contribution in [0.3, 0.4) is 0 Å². The molecule has 0 radical (unpaired) electrons. The minimum absolute atomic E-state index is 0.183. The van der Waals surface area contributed by atoms with Gasteiger partial charge < -0.3 is 10.6 Å². The summed E-state index contributed by atoms with van der Waals surface area (Å²) in [5, 5.41) is 5.95. The third-order valence-corrected chi connectivity index (χ3v) is 4.95.